The van der Waals surface area contributed by atoms with Crippen LogP contribution in [-0.4, -0.2) is 81.3 Å². The number of ether oxygens (including phenoxy) is 2. The molecular weight excluding hydrogens is 553 g/mol. The number of amides is 1. The standard InChI is InChI=1S/C25H26ClF3N8O3/c1-36-24(32-18-5-4-17-16(22(18)26)10-30-34-17)33-23(35-36)14-3-6-19(20(9-14)39-2)40-12-21(38)31-15-7-8-37(11-15)13-25(27,28)29/h3-6,9-10,15H,7-8,11-13H2,1-2H3,(H,30,34)(H,31,38)(H,32,33,35). The van der Waals surface area contributed by atoms with Crippen molar-refractivity contribution in [2.24, 2.45) is 7.05 Å². The highest BCUT2D eigenvalue weighted by Crippen LogP contribution is 2.34. The number of aromatic nitrogens is 5. The van der Waals surface area contributed by atoms with Crippen molar-refractivity contribution in [1.82, 2.24) is 35.2 Å². The minimum absolute atomic E-state index is 0.140. The zero-order valence-electron chi connectivity index (χ0n) is 21.5. The molecule has 4 aromatic rings. The Hall–Kier alpha value is -4.04. The van der Waals surface area contributed by atoms with Crippen LogP contribution in [0.25, 0.3) is 22.3 Å². The number of carbonyl (C=O) groups is 1. The fourth-order valence-electron chi connectivity index (χ4n) is 4.50. The topological polar surface area (TPSA) is 122 Å². The SMILES string of the molecule is COc1cc(-c2nc(Nc3ccc4[nH]ncc4c3Cl)n(C)n2)ccc1OCC(=O)NC1CCN(CC(F)(F)F)C1. The van der Waals surface area contributed by atoms with Gasteiger partial charge in [-0.15, -0.1) is 5.10 Å². The van der Waals surface area contributed by atoms with Gasteiger partial charge in [0.05, 0.1) is 36.1 Å². The molecule has 11 nitrogen and oxygen atoms in total. The number of anilines is 2. The van der Waals surface area contributed by atoms with Gasteiger partial charge in [0, 0.05) is 37.1 Å². The average Bonchev–Trinajstić information content (AvgIpc) is 3.64. The summed E-state index contributed by atoms with van der Waals surface area (Å²) in [5.74, 6) is 1.12. The van der Waals surface area contributed by atoms with Gasteiger partial charge in [-0.1, -0.05) is 11.6 Å². The van der Waals surface area contributed by atoms with Crippen molar-refractivity contribution in [1.29, 1.82) is 0 Å². The number of benzene rings is 2. The number of H-pyrrole nitrogens is 1. The van der Waals surface area contributed by atoms with Crippen LogP contribution in [0.4, 0.5) is 24.8 Å². The maximum Gasteiger partial charge on any atom is 0.401 e. The van der Waals surface area contributed by atoms with Gasteiger partial charge < -0.3 is 20.1 Å². The molecule has 15 heteroatoms. The fourth-order valence-corrected chi connectivity index (χ4v) is 4.76. The number of aryl methyl sites for hydroxylation is 1. The molecule has 0 aliphatic carbocycles. The minimum Gasteiger partial charge on any atom is -0.493 e. The number of methoxy groups -OCH3 is 1. The Morgan fingerprint density at radius 1 is 1.25 bits per heavy atom. The van der Waals surface area contributed by atoms with Crippen LogP contribution in [0.1, 0.15) is 6.42 Å². The van der Waals surface area contributed by atoms with E-state index in [1.54, 1.807) is 36.1 Å². The summed E-state index contributed by atoms with van der Waals surface area (Å²) in [5, 5.41) is 18.5. The van der Waals surface area contributed by atoms with Crippen LogP contribution in [-0.2, 0) is 11.8 Å². The van der Waals surface area contributed by atoms with E-state index in [4.69, 9.17) is 21.1 Å². The van der Waals surface area contributed by atoms with Gasteiger partial charge >= 0.3 is 6.18 Å². The van der Waals surface area contributed by atoms with Gasteiger partial charge in [-0.05, 0) is 36.8 Å². The van der Waals surface area contributed by atoms with E-state index in [0.717, 1.165) is 10.9 Å². The summed E-state index contributed by atoms with van der Waals surface area (Å²) in [6.07, 6.45) is -2.18. The Morgan fingerprint density at radius 3 is 2.85 bits per heavy atom. The maximum atomic E-state index is 12.6. The second kappa shape index (κ2) is 11.2. The molecule has 0 radical (unpaired) electrons. The smallest absolute Gasteiger partial charge is 0.401 e. The summed E-state index contributed by atoms with van der Waals surface area (Å²) in [7, 11) is 3.20. The molecular formula is C25H26ClF3N8O3. The third-order valence-corrected chi connectivity index (χ3v) is 6.80. The fraction of sp³-hybridized carbons (Fsp3) is 0.360. The molecule has 40 heavy (non-hydrogen) atoms. The van der Waals surface area contributed by atoms with Crippen LogP contribution in [0, 0.1) is 0 Å². The Labute approximate surface area is 231 Å². The van der Waals surface area contributed by atoms with E-state index in [1.165, 1.54) is 12.0 Å². The molecule has 0 bridgehead atoms. The molecule has 3 N–H and O–H groups in total. The normalized spacial score (nSPS) is 15.9. The molecule has 212 valence electrons. The lowest BCUT2D eigenvalue weighted by molar-refractivity contribution is -0.143. The predicted octanol–water partition coefficient (Wildman–Crippen LogP) is 3.90. The molecule has 1 aliphatic heterocycles. The van der Waals surface area contributed by atoms with Crippen LogP contribution >= 0.6 is 11.6 Å². The third kappa shape index (κ3) is 6.23. The number of aromatic amines is 1. The lowest BCUT2D eigenvalue weighted by Crippen LogP contribution is -2.41. The first-order chi connectivity index (χ1) is 19.1. The molecule has 0 spiro atoms. The number of alkyl halides is 3. The zero-order valence-corrected chi connectivity index (χ0v) is 22.3. The highest BCUT2D eigenvalue weighted by atomic mass is 35.5. The monoisotopic (exact) mass is 578 g/mol. The molecule has 2 aromatic carbocycles. The molecule has 5 rings (SSSR count). The van der Waals surface area contributed by atoms with Crippen LogP contribution in [0.2, 0.25) is 5.02 Å². The summed E-state index contributed by atoms with van der Waals surface area (Å²) < 4.78 is 50.4. The number of fused-ring (bicyclic) bond motifs is 1. The molecule has 0 saturated carbocycles. The van der Waals surface area contributed by atoms with Crippen molar-refractivity contribution in [3.8, 4) is 22.9 Å². The number of halogens is 4. The molecule has 1 amide bonds. The summed E-state index contributed by atoms with van der Waals surface area (Å²) in [4.78, 5) is 18.2. The number of hydrogen-bond acceptors (Lipinski definition) is 8. The van der Waals surface area contributed by atoms with Gasteiger partial charge in [-0.25, -0.2) is 4.68 Å². The average molecular weight is 579 g/mol. The summed E-state index contributed by atoms with van der Waals surface area (Å²) in [6, 6.07) is 8.35. The largest absolute Gasteiger partial charge is 0.493 e. The van der Waals surface area contributed by atoms with Gasteiger partial charge in [0.1, 0.15) is 0 Å². The van der Waals surface area contributed by atoms with Gasteiger partial charge in [-0.3, -0.25) is 14.8 Å². The molecule has 1 aliphatic rings. The molecule has 3 heterocycles. The first-order valence-electron chi connectivity index (χ1n) is 12.3. The summed E-state index contributed by atoms with van der Waals surface area (Å²) in [6.45, 7) is -0.895. The zero-order chi connectivity index (χ0) is 28.4. The van der Waals surface area contributed by atoms with Crippen molar-refractivity contribution in [2.45, 2.75) is 18.6 Å². The van der Waals surface area contributed by atoms with Gasteiger partial charge in [0.15, 0.2) is 23.9 Å². The lowest BCUT2D eigenvalue weighted by atomic mass is 10.2. The number of nitrogens with zero attached hydrogens (tertiary/aromatic N) is 5. The quantitative estimate of drug-likeness (QED) is 0.273. The maximum absolute atomic E-state index is 12.6. The summed E-state index contributed by atoms with van der Waals surface area (Å²) >= 11 is 6.51. The van der Waals surface area contributed by atoms with E-state index < -0.39 is 18.6 Å². The Morgan fingerprint density at radius 2 is 2.08 bits per heavy atom. The second-order valence-electron chi connectivity index (χ2n) is 9.32. The molecule has 1 saturated heterocycles. The molecule has 1 atom stereocenters. The van der Waals surface area contributed by atoms with Gasteiger partial charge in [0.2, 0.25) is 5.95 Å². The Bertz CT molecular complexity index is 1520. The van der Waals surface area contributed by atoms with E-state index in [9.17, 15) is 18.0 Å². The third-order valence-electron chi connectivity index (χ3n) is 6.39. The summed E-state index contributed by atoms with van der Waals surface area (Å²) in [5.41, 5.74) is 2.10. The predicted molar refractivity (Wildman–Crippen MR) is 142 cm³/mol. The van der Waals surface area contributed by atoms with E-state index in [0.29, 0.717) is 46.0 Å². The van der Waals surface area contributed by atoms with E-state index in [-0.39, 0.29) is 25.7 Å². The number of nitrogens with one attached hydrogen (secondary N) is 3. The number of likely N-dealkylation sites (tertiary alicyclic amines) is 1. The van der Waals surface area contributed by atoms with E-state index >= 15 is 0 Å². The first-order valence-corrected chi connectivity index (χ1v) is 12.7. The minimum atomic E-state index is -4.27. The van der Waals surface area contributed by atoms with Crippen LogP contribution in [0.15, 0.2) is 36.5 Å². The number of hydrogen-bond donors (Lipinski definition) is 3. The second-order valence-corrected chi connectivity index (χ2v) is 9.70. The Kier molecular flexibility index (Phi) is 7.72. The number of carbonyl (C=O) groups excluding carboxylic acids is 1. The van der Waals surface area contributed by atoms with Crippen molar-refractivity contribution >= 4 is 40.0 Å². The molecule has 1 fully saturated rings. The van der Waals surface area contributed by atoms with Gasteiger partial charge in [0.25, 0.3) is 5.91 Å². The van der Waals surface area contributed by atoms with Crippen molar-refractivity contribution < 1.29 is 27.4 Å². The van der Waals surface area contributed by atoms with Crippen LogP contribution < -0.4 is 20.1 Å². The van der Waals surface area contributed by atoms with Crippen molar-refractivity contribution in [3.05, 3.63) is 41.6 Å². The number of rotatable bonds is 9. The molecule has 2 aromatic heterocycles. The van der Waals surface area contributed by atoms with Crippen molar-refractivity contribution in [3.63, 3.8) is 0 Å². The van der Waals surface area contributed by atoms with Crippen LogP contribution in [0.3, 0.4) is 0 Å². The van der Waals surface area contributed by atoms with E-state index in [1.807, 2.05) is 12.1 Å². The molecule has 1 unspecified atom stereocenters. The Balaban J connectivity index is 1.21. The lowest BCUT2D eigenvalue weighted by Gasteiger charge is -2.18. The van der Waals surface area contributed by atoms with Crippen molar-refractivity contribution in [2.75, 3.05) is 38.7 Å². The van der Waals surface area contributed by atoms with Gasteiger partial charge in [-0.2, -0.15) is 23.3 Å². The van der Waals surface area contributed by atoms with Crippen LogP contribution in [0.5, 0.6) is 11.5 Å². The van der Waals surface area contributed by atoms with E-state index in [2.05, 4.69) is 30.9 Å². The first kappa shape index (κ1) is 27.5. The highest BCUT2D eigenvalue weighted by Gasteiger charge is 2.34. The highest BCUT2D eigenvalue weighted by molar-refractivity contribution is 6.38.